The fourth-order valence-corrected chi connectivity index (χ4v) is 3.19. The molecule has 2 atom stereocenters. The molecule has 1 aromatic carbocycles. The van der Waals surface area contributed by atoms with Crippen molar-refractivity contribution in [1.82, 2.24) is 14.7 Å². The second-order valence-electron chi connectivity index (χ2n) is 6.64. The summed E-state index contributed by atoms with van der Waals surface area (Å²) in [5.41, 5.74) is 2.26. The molecule has 2 heterocycles. The third-order valence-electron chi connectivity index (χ3n) is 5.08. The maximum Gasteiger partial charge on any atom is 0.279 e. The van der Waals surface area contributed by atoms with Gasteiger partial charge in [-0.15, -0.1) is 0 Å². The van der Waals surface area contributed by atoms with Gasteiger partial charge in [-0.05, 0) is 38.0 Å². The Hall–Kier alpha value is -2.63. The van der Waals surface area contributed by atoms with E-state index in [4.69, 9.17) is 4.74 Å². The van der Waals surface area contributed by atoms with Gasteiger partial charge in [-0.2, -0.15) is 5.10 Å². The summed E-state index contributed by atoms with van der Waals surface area (Å²) in [4.78, 5) is 27.0. The van der Waals surface area contributed by atoms with Gasteiger partial charge in [0.2, 0.25) is 0 Å². The Morgan fingerprint density at radius 1 is 1.36 bits per heavy atom. The van der Waals surface area contributed by atoms with Gasteiger partial charge in [-0.1, -0.05) is 18.2 Å². The first kappa shape index (κ1) is 17.2. The first-order valence-corrected chi connectivity index (χ1v) is 8.37. The molecule has 0 N–H and O–H groups in total. The number of aryl methyl sites for hydroxylation is 2. The number of ether oxygens (including phenoxy) is 1. The quantitative estimate of drug-likeness (QED) is 0.855. The molecular weight excluding hydrogens is 318 g/mol. The molecule has 1 aliphatic heterocycles. The standard InChI is InChI=1S/C19H23N3O3/c1-11-12(2)20-22(5)19(24)17(11)18(23)21(4)13(3)16-10-14-8-6-7-9-15(14)25-16/h6-9,13,16H,10H2,1-5H3/t13-,16+/m1/s1. The van der Waals surface area contributed by atoms with Gasteiger partial charge in [0.1, 0.15) is 17.4 Å². The Morgan fingerprint density at radius 2 is 2.04 bits per heavy atom. The molecule has 0 bridgehead atoms. The molecule has 6 heteroatoms. The topological polar surface area (TPSA) is 64.4 Å². The summed E-state index contributed by atoms with van der Waals surface area (Å²) >= 11 is 0. The maximum atomic E-state index is 13.0. The molecule has 0 fully saturated rings. The number of hydrogen-bond acceptors (Lipinski definition) is 4. The first-order chi connectivity index (χ1) is 11.8. The third-order valence-corrected chi connectivity index (χ3v) is 5.08. The Morgan fingerprint density at radius 3 is 2.72 bits per heavy atom. The van der Waals surface area contributed by atoms with E-state index in [9.17, 15) is 9.59 Å². The van der Waals surface area contributed by atoms with Gasteiger partial charge in [0.05, 0.1) is 11.7 Å². The van der Waals surface area contributed by atoms with Crippen molar-refractivity contribution in [2.75, 3.05) is 7.05 Å². The number of hydrogen-bond donors (Lipinski definition) is 0. The number of para-hydroxylation sites is 1. The van der Waals surface area contributed by atoms with Crippen LogP contribution in [0.1, 0.15) is 34.1 Å². The molecule has 1 aliphatic rings. The Kier molecular flexibility index (Phi) is 4.37. The summed E-state index contributed by atoms with van der Waals surface area (Å²) in [7, 11) is 3.28. The van der Waals surface area contributed by atoms with Crippen molar-refractivity contribution in [2.45, 2.75) is 39.3 Å². The van der Waals surface area contributed by atoms with Crippen molar-refractivity contribution in [1.29, 1.82) is 0 Å². The van der Waals surface area contributed by atoms with Crippen LogP contribution >= 0.6 is 0 Å². The fraction of sp³-hybridized carbons (Fsp3) is 0.421. The monoisotopic (exact) mass is 341 g/mol. The van der Waals surface area contributed by atoms with Gasteiger partial charge in [-0.3, -0.25) is 9.59 Å². The number of benzene rings is 1. The van der Waals surface area contributed by atoms with Gasteiger partial charge in [0.25, 0.3) is 11.5 Å². The molecule has 1 aromatic heterocycles. The number of rotatable bonds is 3. The van der Waals surface area contributed by atoms with E-state index < -0.39 is 0 Å². The molecule has 25 heavy (non-hydrogen) atoms. The van der Waals surface area contributed by atoms with Gasteiger partial charge in [0, 0.05) is 20.5 Å². The van der Waals surface area contributed by atoms with Crippen molar-refractivity contribution in [3.63, 3.8) is 0 Å². The van der Waals surface area contributed by atoms with Gasteiger partial charge in [0.15, 0.2) is 0 Å². The lowest BCUT2D eigenvalue weighted by Gasteiger charge is -2.29. The molecule has 3 rings (SSSR count). The summed E-state index contributed by atoms with van der Waals surface area (Å²) < 4.78 is 7.21. The number of carbonyl (C=O) groups excluding carboxylic acids is 1. The average Bonchev–Trinajstić information content (AvgIpc) is 3.03. The van der Waals surface area contributed by atoms with Crippen molar-refractivity contribution >= 4 is 5.91 Å². The zero-order chi connectivity index (χ0) is 18.3. The second-order valence-corrected chi connectivity index (χ2v) is 6.64. The van der Waals surface area contributed by atoms with Crippen molar-refractivity contribution in [2.24, 2.45) is 7.05 Å². The van der Waals surface area contributed by atoms with Crippen LogP contribution in [0.25, 0.3) is 0 Å². The molecule has 6 nitrogen and oxygen atoms in total. The molecular formula is C19H23N3O3. The molecule has 0 saturated carbocycles. The number of carbonyl (C=O) groups is 1. The zero-order valence-corrected chi connectivity index (χ0v) is 15.2. The van der Waals surface area contributed by atoms with Crippen LogP contribution in [0.2, 0.25) is 0 Å². The average molecular weight is 341 g/mol. The lowest BCUT2D eigenvalue weighted by Crippen LogP contribution is -2.46. The Bertz CT molecular complexity index is 863. The highest BCUT2D eigenvalue weighted by molar-refractivity contribution is 5.95. The predicted octanol–water partition coefficient (Wildman–Crippen LogP) is 1.86. The largest absolute Gasteiger partial charge is 0.488 e. The number of aromatic nitrogens is 2. The highest BCUT2D eigenvalue weighted by atomic mass is 16.5. The van der Waals surface area contributed by atoms with Crippen molar-refractivity contribution in [3.05, 3.63) is 57.0 Å². The van der Waals surface area contributed by atoms with E-state index in [1.54, 1.807) is 32.8 Å². The van der Waals surface area contributed by atoms with Gasteiger partial charge >= 0.3 is 0 Å². The first-order valence-electron chi connectivity index (χ1n) is 8.37. The number of nitrogens with zero attached hydrogens (tertiary/aromatic N) is 3. The summed E-state index contributed by atoms with van der Waals surface area (Å²) in [6.07, 6.45) is 0.625. The lowest BCUT2D eigenvalue weighted by molar-refractivity contribution is 0.0594. The highest BCUT2D eigenvalue weighted by Gasteiger charge is 2.33. The van der Waals surface area contributed by atoms with Gasteiger partial charge < -0.3 is 9.64 Å². The van der Waals surface area contributed by atoms with Crippen LogP contribution in [-0.4, -0.2) is 39.8 Å². The van der Waals surface area contributed by atoms with Crippen LogP contribution in [0.3, 0.4) is 0 Å². The molecule has 132 valence electrons. The lowest BCUT2D eigenvalue weighted by atomic mass is 10.0. The predicted molar refractivity (Wildman–Crippen MR) is 95.1 cm³/mol. The molecule has 0 aliphatic carbocycles. The van der Waals surface area contributed by atoms with E-state index in [1.807, 2.05) is 31.2 Å². The summed E-state index contributed by atoms with van der Waals surface area (Å²) in [6, 6.07) is 7.73. The molecule has 0 spiro atoms. The normalized spacial score (nSPS) is 16.9. The maximum absolute atomic E-state index is 13.0. The molecule has 0 radical (unpaired) electrons. The second kappa shape index (κ2) is 6.35. The van der Waals surface area contributed by atoms with E-state index in [0.29, 0.717) is 11.3 Å². The van der Waals surface area contributed by atoms with Crippen LogP contribution in [0.15, 0.2) is 29.1 Å². The summed E-state index contributed by atoms with van der Waals surface area (Å²) in [6.45, 7) is 5.51. The Labute approximate surface area is 147 Å². The molecule has 0 saturated heterocycles. The SMILES string of the molecule is Cc1nn(C)c(=O)c(C(=O)N(C)[C@H](C)[C@@H]2Cc3ccccc3O2)c1C. The fourth-order valence-electron chi connectivity index (χ4n) is 3.19. The van der Waals surface area contributed by atoms with Crippen LogP contribution in [-0.2, 0) is 13.5 Å². The minimum absolute atomic E-state index is 0.126. The summed E-state index contributed by atoms with van der Waals surface area (Å²) in [5.74, 6) is 0.572. The molecule has 2 aromatic rings. The third kappa shape index (κ3) is 2.92. The van der Waals surface area contributed by atoms with E-state index in [1.165, 1.54) is 4.68 Å². The number of amides is 1. The Balaban J connectivity index is 1.86. The van der Waals surface area contributed by atoms with E-state index in [0.717, 1.165) is 17.7 Å². The zero-order valence-electron chi connectivity index (χ0n) is 15.2. The van der Waals surface area contributed by atoms with Gasteiger partial charge in [-0.25, -0.2) is 4.68 Å². The summed E-state index contributed by atoms with van der Waals surface area (Å²) in [5, 5.41) is 4.13. The smallest absolute Gasteiger partial charge is 0.279 e. The van der Waals surface area contributed by atoms with Crippen molar-refractivity contribution in [3.8, 4) is 5.75 Å². The van der Waals surface area contributed by atoms with Crippen LogP contribution in [0.5, 0.6) is 5.75 Å². The molecule has 0 unspecified atom stereocenters. The van der Waals surface area contributed by atoms with E-state index >= 15 is 0 Å². The van der Waals surface area contributed by atoms with E-state index in [-0.39, 0.29) is 29.2 Å². The van der Waals surface area contributed by atoms with Crippen molar-refractivity contribution < 1.29 is 9.53 Å². The number of likely N-dealkylation sites (N-methyl/N-ethyl adjacent to an activating group) is 1. The number of fused-ring (bicyclic) bond motifs is 1. The molecule has 1 amide bonds. The highest BCUT2D eigenvalue weighted by Crippen LogP contribution is 2.30. The van der Waals surface area contributed by atoms with Crippen LogP contribution in [0.4, 0.5) is 0 Å². The van der Waals surface area contributed by atoms with Crippen LogP contribution < -0.4 is 10.3 Å². The van der Waals surface area contributed by atoms with Crippen LogP contribution in [0, 0.1) is 13.8 Å². The van der Waals surface area contributed by atoms with E-state index in [2.05, 4.69) is 5.10 Å². The minimum atomic E-state index is -0.372. The minimum Gasteiger partial charge on any atom is -0.488 e.